The van der Waals surface area contributed by atoms with Crippen molar-refractivity contribution in [1.29, 1.82) is 0 Å². The van der Waals surface area contributed by atoms with Crippen molar-refractivity contribution in [3.05, 3.63) is 87.5 Å². The molecule has 0 aliphatic carbocycles. The second-order valence-electron chi connectivity index (χ2n) is 8.34. The Bertz CT molecular complexity index is 1390. The maximum absolute atomic E-state index is 13.5. The lowest BCUT2D eigenvalue weighted by molar-refractivity contribution is 0.505. The molecule has 0 spiro atoms. The molecule has 7 nitrogen and oxygen atoms in total. The summed E-state index contributed by atoms with van der Waals surface area (Å²) in [6, 6.07) is 11.7. The Hall–Kier alpha value is -3.75. The number of nitrogens with zero attached hydrogens (tertiary/aromatic N) is 6. The minimum Gasteiger partial charge on any atom is -0.368 e. The normalized spacial score (nSPS) is 14.3. The van der Waals surface area contributed by atoms with Crippen molar-refractivity contribution in [3.63, 3.8) is 0 Å². The van der Waals surface area contributed by atoms with E-state index in [4.69, 9.17) is 0 Å². The highest BCUT2D eigenvalue weighted by molar-refractivity contribution is 5.57. The van der Waals surface area contributed by atoms with Crippen LogP contribution in [0.4, 0.5) is 20.3 Å². The van der Waals surface area contributed by atoms with E-state index in [9.17, 15) is 13.6 Å². The molecule has 1 aliphatic heterocycles. The van der Waals surface area contributed by atoms with Crippen LogP contribution in [-0.2, 0) is 6.54 Å². The number of hydrogen-bond acceptors (Lipinski definition) is 5. The number of halogens is 2. The molecule has 1 fully saturated rings. The Morgan fingerprint density at radius 1 is 0.939 bits per heavy atom. The molecule has 170 valence electrons. The van der Waals surface area contributed by atoms with E-state index in [-0.39, 0.29) is 18.0 Å². The number of anilines is 2. The SMILES string of the molecule is Cc1cccc(N2CCN(c3ccn4c(=O)n(Cc5ccc(F)c(F)c5)nc4n3)CC2)c1C. The van der Waals surface area contributed by atoms with Crippen LogP contribution >= 0.6 is 0 Å². The zero-order chi connectivity index (χ0) is 23.1. The minimum atomic E-state index is -0.954. The lowest BCUT2D eigenvalue weighted by Gasteiger charge is -2.37. The van der Waals surface area contributed by atoms with E-state index in [0.29, 0.717) is 5.56 Å². The Morgan fingerprint density at radius 2 is 1.70 bits per heavy atom. The van der Waals surface area contributed by atoms with Gasteiger partial charge in [-0.2, -0.15) is 4.98 Å². The standard InChI is InChI=1S/C24H24F2N6O/c1-16-4-3-5-21(17(16)2)29-10-12-30(13-11-29)22-8-9-31-23(27-22)28-32(24(31)33)15-18-6-7-19(25)20(26)14-18/h3-9,14H,10-13,15H2,1-2H3. The highest BCUT2D eigenvalue weighted by Crippen LogP contribution is 2.25. The number of rotatable bonds is 4. The van der Waals surface area contributed by atoms with E-state index in [1.165, 1.54) is 32.0 Å². The van der Waals surface area contributed by atoms with Gasteiger partial charge in [-0.05, 0) is 54.8 Å². The fourth-order valence-corrected chi connectivity index (χ4v) is 4.24. The van der Waals surface area contributed by atoms with Gasteiger partial charge in [0.25, 0.3) is 5.78 Å². The highest BCUT2D eigenvalue weighted by atomic mass is 19.2. The molecule has 0 amide bonds. The highest BCUT2D eigenvalue weighted by Gasteiger charge is 2.21. The summed E-state index contributed by atoms with van der Waals surface area (Å²) in [5, 5.41) is 4.30. The van der Waals surface area contributed by atoms with Gasteiger partial charge in [-0.3, -0.25) is 0 Å². The number of fused-ring (bicyclic) bond motifs is 1. The first-order valence-electron chi connectivity index (χ1n) is 10.9. The smallest absolute Gasteiger partial charge is 0.351 e. The van der Waals surface area contributed by atoms with Crippen molar-refractivity contribution in [2.24, 2.45) is 0 Å². The molecule has 1 aliphatic rings. The first kappa shape index (κ1) is 21.1. The second kappa shape index (κ2) is 8.31. The minimum absolute atomic E-state index is 0.0310. The fourth-order valence-electron chi connectivity index (χ4n) is 4.24. The average molecular weight is 450 g/mol. The third-order valence-electron chi connectivity index (χ3n) is 6.28. The van der Waals surface area contributed by atoms with Crippen molar-refractivity contribution in [2.75, 3.05) is 36.0 Å². The molecular weight excluding hydrogens is 426 g/mol. The second-order valence-corrected chi connectivity index (χ2v) is 8.34. The molecule has 9 heteroatoms. The topological polar surface area (TPSA) is 58.7 Å². The largest absolute Gasteiger partial charge is 0.368 e. The van der Waals surface area contributed by atoms with Crippen LogP contribution in [0.25, 0.3) is 5.78 Å². The first-order chi connectivity index (χ1) is 15.9. The number of benzene rings is 2. The Morgan fingerprint density at radius 3 is 2.45 bits per heavy atom. The lowest BCUT2D eigenvalue weighted by Crippen LogP contribution is -2.47. The van der Waals surface area contributed by atoms with Gasteiger partial charge in [0.05, 0.1) is 6.54 Å². The summed E-state index contributed by atoms with van der Waals surface area (Å²) in [5.74, 6) is -0.847. The van der Waals surface area contributed by atoms with Gasteiger partial charge in [0.15, 0.2) is 11.6 Å². The molecule has 1 saturated heterocycles. The van der Waals surface area contributed by atoms with Crippen LogP contribution in [-0.4, -0.2) is 45.3 Å². The molecule has 4 aromatic rings. The predicted molar refractivity (Wildman–Crippen MR) is 123 cm³/mol. The quantitative estimate of drug-likeness (QED) is 0.478. The molecule has 0 bridgehead atoms. The van der Waals surface area contributed by atoms with Crippen molar-refractivity contribution in [2.45, 2.75) is 20.4 Å². The van der Waals surface area contributed by atoms with E-state index in [0.717, 1.165) is 44.1 Å². The van der Waals surface area contributed by atoms with Crippen LogP contribution in [0.3, 0.4) is 0 Å². The van der Waals surface area contributed by atoms with Gasteiger partial charge in [0.2, 0.25) is 0 Å². The van der Waals surface area contributed by atoms with Crippen LogP contribution < -0.4 is 15.5 Å². The van der Waals surface area contributed by atoms with Gasteiger partial charge >= 0.3 is 5.69 Å². The molecule has 0 unspecified atom stereocenters. The van der Waals surface area contributed by atoms with Gasteiger partial charge in [0, 0.05) is 38.1 Å². The van der Waals surface area contributed by atoms with Gasteiger partial charge in [-0.25, -0.2) is 22.7 Å². The van der Waals surface area contributed by atoms with E-state index < -0.39 is 11.6 Å². The van der Waals surface area contributed by atoms with Gasteiger partial charge in [-0.1, -0.05) is 18.2 Å². The average Bonchev–Trinajstić information content (AvgIpc) is 3.13. The Labute approximate surface area is 189 Å². The zero-order valence-electron chi connectivity index (χ0n) is 18.5. The number of aromatic nitrogens is 4. The van der Waals surface area contributed by atoms with Gasteiger partial charge in [-0.15, -0.1) is 5.10 Å². The van der Waals surface area contributed by atoms with Crippen LogP contribution in [0, 0.1) is 25.5 Å². The third kappa shape index (κ3) is 3.94. The van der Waals surface area contributed by atoms with Crippen LogP contribution in [0.2, 0.25) is 0 Å². The predicted octanol–water partition coefficient (Wildman–Crippen LogP) is 3.16. The Kier molecular flexibility index (Phi) is 5.32. The van der Waals surface area contributed by atoms with Crippen molar-refractivity contribution < 1.29 is 8.78 Å². The maximum Gasteiger partial charge on any atom is 0.351 e. The molecule has 33 heavy (non-hydrogen) atoms. The van der Waals surface area contributed by atoms with Crippen LogP contribution in [0.1, 0.15) is 16.7 Å². The van der Waals surface area contributed by atoms with E-state index >= 15 is 0 Å². The van der Waals surface area contributed by atoms with E-state index in [2.05, 4.69) is 51.9 Å². The fraction of sp³-hybridized carbons (Fsp3) is 0.292. The molecule has 0 radical (unpaired) electrons. The summed E-state index contributed by atoms with van der Waals surface area (Å²) in [7, 11) is 0. The molecule has 5 rings (SSSR count). The Balaban J connectivity index is 1.34. The van der Waals surface area contributed by atoms with Gasteiger partial charge in [0.1, 0.15) is 5.82 Å². The third-order valence-corrected chi connectivity index (χ3v) is 6.28. The summed E-state index contributed by atoms with van der Waals surface area (Å²) >= 11 is 0. The molecule has 0 N–H and O–H groups in total. The monoisotopic (exact) mass is 450 g/mol. The molecular formula is C24H24F2N6O. The lowest BCUT2D eigenvalue weighted by atomic mass is 10.1. The number of aryl methyl sites for hydroxylation is 1. The summed E-state index contributed by atoms with van der Waals surface area (Å²) in [6.07, 6.45) is 1.66. The van der Waals surface area contributed by atoms with Crippen molar-refractivity contribution >= 4 is 17.3 Å². The number of hydrogen-bond donors (Lipinski definition) is 0. The summed E-state index contributed by atoms with van der Waals surface area (Å²) in [5.41, 5.74) is 3.92. The molecule has 2 aromatic heterocycles. The van der Waals surface area contributed by atoms with Crippen LogP contribution in [0.5, 0.6) is 0 Å². The summed E-state index contributed by atoms with van der Waals surface area (Å²) in [4.78, 5) is 21.8. The number of piperazine rings is 1. The van der Waals surface area contributed by atoms with Crippen LogP contribution in [0.15, 0.2) is 53.5 Å². The first-order valence-corrected chi connectivity index (χ1v) is 10.9. The van der Waals surface area contributed by atoms with Crippen molar-refractivity contribution in [3.8, 4) is 0 Å². The molecule has 0 atom stereocenters. The molecule has 3 heterocycles. The van der Waals surface area contributed by atoms with Gasteiger partial charge < -0.3 is 9.80 Å². The zero-order valence-corrected chi connectivity index (χ0v) is 18.5. The van der Waals surface area contributed by atoms with Crippen molar-refractivity contribution in [1.82, 2.24) is 19.2 Å². The molecule has 0 saturated carbocycles. The molecule has 2 aromatic carbocycles. The summed E-state index contributed by atoms with van der Waals surface area (Å²) < 4.78 is 29.3. The van der Waals surface area contributed by atoms with E-state index in [1.807, 2.05) is 6.07 Å². The summed E-state index contributed by atoms with van der Waals surface area (Å²) in [6.45, 7) is 7.65. The van der Waals surface area contributed by atoms with E-state index in [1.54, 1.807) is 6.20 Å². The maximum atomic E-state index is 13.5.